The van der Waals surface area contributed by atoms with Crippen LogP contribution in [-0.2, 0) is 6.54 Å². The Labute approximate surface area is 114 Å². The van der Waals surface area contributed by atoms with Gasteiger partial charge in [-0.1, -0.05) is 25.3 Å². The molecule has 5 nitrogen and oxygen atoms in total. The van der Waals surface area contributed by atoms with Crippen molar-refractivity contribution in [2.45, 2.75) is 44.7 Å². The summed E-state index contributed by atoms with van der Waals surface area (Å²) in [6.45, 7) is 0.475. The van der Waals surface area contributed by atoms with Gasteiger partial charge in [-0.15, -0.1) is 0 Å². The van der Waals surface area contributed by atoms with E-state index in [0.717, 1.165) is 5.69 Å². The molecule has 1 fully saturated rings. The molecule has 3 N–H and O–H groups in total. The van der Waals surface area contributed by atoms with E-state index in [9.17, 15) is 0 Å². The Morgan fingerprint density at radius 1 is 1.42 bits per heavy atom. The van der Waals surface area contributed by atoms with Crippen molar-refractivity contribution in [3.8, 4) is 5.88 Å². The second-order valence-corrected chi connectivity index (χ2v) is 4.85. The number of rotatable bonds is 4. The molecule has 1 aromatic heterocycles. The maximum atomic E-state index is 5.90. The first kappa shape index (κ1) is 13.6. The van der Waals surface area contributed by atoms with E-state index in [-0.39, 0.29) is 0 Å². The molecule has 0 spiro atoms. The van der Waals surface area contributed by atoms with E-state index in [2.05, 4.69) is 15.3 Å². The average Bonchev–Trinajstić information content (AvgIpc) is 2.46. The molecule has 2 rings (SSSR count). The van der Waals surface area contributed by atoms with Gasteiger partial charge in [0, 0.05) is 12.1 Å². The zero-order valence-electron chi connectivity index (χ0n) is 11.4. The maximum absolute atomic E-state index is 5.90. The summed E-state index contributed by atoms with van der Waals surface area (Å²) in [6.07, 6.45) is 6.27. The molecule has 5 heteroatoms. The van der Waals surface area contributed by atoms with Crippen LogP contribution < -0.4 is 15.8 Å². The van der Waals surface area contributed by atoms with Gasteiger partial charge < -0.3 is 15.8 Å². The fourth-order valence-corrected chi connectivity index (χ4v) is 2.33. The lowest BCUT2D eigenvalue weighted by molar-refractivity contribution is 0.396. The standard InChI is InChI=1S/C14H22N4O/c1-19-13-9-5-8-12(17-13)10-16-14(15)18-11-6-3-2-4-7-11/h5,8-9,11H,2-4,6-7,10H2,1H3,(H3,15,16,18). The van der Waals surface area contributed by atoms with E-state index < -0.39 is 0 Å². The summed E-state index contributed by atoms with van der Waals surface area (Å²) in [5.41, 5.74) is 6.76. The lowest BCUT2D eigenvalue weighted by Gasteiger charge is -2.23. The number of nitrogens with two attached hydrogens (primary N) is 1. The first-order valence-corrected chi connectivity index (χ1v) is 6.84. The zero-order chi connectivity index (χ0) is 13.5. The van der Waals surface area contributed by atoms with E-state index in [1.54, 1.807) is 7.11 Å². The molecule has 0 saturated heterocycles. The summed E-state index contributed by atoms with van der Waals surface area (Å²) in [5.74, 6) is 1.11. The van der Waals surface area contributed by atoms with Gasteiger partial charge in [0.05, 0.1) is 19.3 Å². The number of nitrogens with zero attached hydrogens (tertiary/aromatic N) is 2. The van der Waals surface area contributed by atoms with E-state index >= 15 is 0 Å². The van der Waals surface area contributed by atoms with E-state index in [1.165, 1.54) is 32.1 Å². The molecule has 1 aliphatic carbocycles. The zero-order valence-corrected chi connectivity index (χ0v) is 11.4. The second kappa shape index (κ2) is 6.97. The lowest BCUT2D eigenvalue weighted by Crippen LogP contribution is -2.41. The molecule has 0 unspecified atom stereocenters. The molecule has 1 heterocycles. The van der Waals surface area contributed by atoms with Crippen LogP contribution in [0, 0.1) is 0 Å². The molecule has 1 aliphatic rings. The number of guanidine groups is 1. The summed E-state index contributed by atoms with van der Waals surface area (Å²) in [7, 11) is 1.61. The molecule has 0 bridgehead atoms. The second-order valence-electron chi connectivity index (χ2n) is 4.85. The number of pyridine rings is 1. The van der Waals surface area contributed by atoms with Gasteiger partial charge in [-0.05, 0) is 18.9 Å². The summed E-state index contributed by atoms with van der Waals surface area (Å²) in [5, 5.41) is 3.29. The van der Waals surface area contributed by atoms with Crippen molar-refractivity contribution in [3.05, 3.63) is 23.9 Å². The molecular formula is C14H22N4O. The predicted molar refractivity (Wildman–Crippen MR) is 76.1 cm³/mol. The van der Waals surface area contributed by atoms with Crippen LogP contribution in [-0.4, -0.2) is 24.1 Å². The number of nitrogens with one attached hydrogen (secondary N) is 1. The number of aromatic nitrogens is 1. The van der Waals surface area contributed by atoms with Crippen LogP contribution in [0.2, 0.25) is 0 Å². The minimum absolute atomic E-state index is 0.475. The molecule has 0 radical (unpaired) electrons. The Morgan fingerprint density at radius 2 is 2.21 bits per heavy atom. The summed E-state index contributed by atoms with van der Waals surface area (Å²) >= 11 is 0. The highest BCUT2D eigenvalue weighted by atomic mass is 16.5. The van der Waals surface area contributed by atoms with E-state index in [1.807, 2.05) is 18.2 Å². The van der Waals surface area contributed by atoms with Crippen molar-refractivity contribution in [1.82, 2.24) is 10.3 Å². The number of hydrogen-bond donors (Lipinski definition) is 2. The minimum atomic E-state index is 0.475. The quantitative estimate of drug-likeness (QED) is 0.641. The third-order valence-corrected chi connectivity index (χ3v) is 3.36. The number of ether oxygens (including phenoxy) is 1. The fourth-order valence-electron chi connectivity index (χ4n) is 2.33. The highest BCUT2D eigenvalue weighted by Gasteiger charge is 2.13. The van der Waals surface area contributed by atoms with Gasteiger partial charge in [-0.3, -0.25) is 0 Å². The topological polar surface area (TPSA) is 72.5 Å². The van der Waals surface area contributed by atoms with Gasteiger partial charge in [-0.25, -0.2) is 9.98 Å². The van der Waals surface area contributed by atoms with Crippen LogP contribution in [0.3, 0.4) is 0 Å². The molecule has 1 aromatic rings. The smallest absolute Gasteiger partial charge is 0.213 e. The molecule has 0 amide bonds. The van der Waals surface area contributed by atoms with E-state index in [0.29, 0.717) is 24.4 Å². The van der Waals surface area contributed by atoms with Crippen LogP contribution in [0.4, 0.5) is 0 Å². The van der Waals surface area contributed by atoms with Gasteiger partial charge in [0.25, 0.3) is 0 Å². The van der Waals surface area contributed by atoms with Crippen molar-refractivity contribution in [2.24, 2.45) is 10.7 Å². The molecule has 0 aliphatic heterocycles. The number of aliphatic imine (C=N–C) groups is 1. The average molecular weight is 262 g/mol. The Balaban J connectivity index is 1.86. The maximum Gasteiger partial charge on any atom is 0.213 e. The lowest BCUT2D eigenvalue weighted by atomic mass is 9.96. The Morgan fingerprint density at radius 3 is 2.95 bits per heavy atom. The third kappa shape index (κ3) is 4.43. The van der Waals surface area contributed by atoms with E-state index in [4.69, 9.17) is 10.5 Å². The van der Waals surface area contributed by atoms with Gasteiger partial charge in [0.1, 0.15) is 0 Å². The molecule has 0 atom stereocenters. The molecule has 19 heavy (non-hydrogen) atoms. The first-order chi connectivity index (χ1) is 9.28. The third-order valence-electron chi connectivity index (χ3n) is 3.36. The van der Waals surface area contributed by atoms with Gasteiger partial charge in [-0.2, -0.15) is 0 Å². The molecular weight excluding hydrogens is 240 g/mol. The van der Waals surface area contributed by atoms with Crippen molar-refractivity contribution in [2.75, 3.05) is 7.11 Å². The largest absolute Gasteiger partial charge is 0.481 e. The fraction of sp³-hybridized carbons (Fsp3) is 0.571. The van der Waals surface area contributed by atoms with Crippen LogP contribution in [0.25, 0.3) is 0 Å². The Hall–Kier alpha value is -1.78. The van der Waals surface area contributed by atoms with Crippen molar-refractivity contribution in [3.63, 3.8) is 0 Å². The molecule has 0 aromatic carbocycles. The predicted octanol–water partition coefficient (Wildman–Crippen LogP) is 1.83. The van der Waals surface area contributed by atoms with Crippen molar-refractivity contribution < 1.29 is 4.74 Å². The molecule has 104 valence electrons. The minimum Gasteiger partial charge on any atom is -0.481 e. The highest BCUT2D eigenvalue weighted by molar-refractivity contribution is 5.78. The monoisotopic (exact) mass is 262 g/mol. The van der Waals surface area contributed by atoms with Crippen LogP contribution in [0.1, 0.15) is 37.8 Å². The number of methoxy groups -OCH3 is 1. The Kier molecular flexibility index (Phi) is 5.01. The SMILES string of the molecule is COc1cccc(CN=C(N)NC2CCCCC2)n1. The highest BCUT2D eigenvalue weighted by Crippen LogP contribution is 2.17. The summed E-state index contributed by atoms with van der Waals surface area (Å²) < 4.78 is 5.08. The van der Waals surface area contributed by atoms with Crippen LogP contribution in [0.15, 0.2) is 23.2 Å². The summed E-state index contributed by atoms with van der Waals surface area (Å²) in [4.78, 5) is 8.63. The van der Waals surface area contributed by atoms with Crippen LogP contribution >= 0.6 is 0 Å². The normalized spacial score (nSPS) is 17.2. The van der Waals surface area contributed by atoms with Gasteiger partial charge >= 0.3 is 0 Å². The Bertz CT molecular complexity index is 427. The van der Waals surface area contributed by atoms with Gasteiger partial charge in [0.15, 0.2) is 5.96 Å². The molecule has 1 saturated carbocycles. The van der Waals surface area contributed by atoms with Crippen molar-refractivity contribution in [1.29, 1.82) is 0 Å². The first-order valence-electron chi connectivity index (χ1n) is 6.84. The van der Waals surface area contributed by atoms with Crippen LogP contribution in [0.5, 0.6) is 5.88 Å². The number of hydrogen-bond acceptors (Lipinski definition) is 3. The summed E-state index contributed by atoms with van der Waals surface area (Å²) in [6, 6.07) is 6.12. The van der Waals surface area contributed by atoms with Crippen molar-refractivity contribution >= 4 is 5.96 Å². The van der Waals surface area contributed by atoms with Gasteiger partial charge in [0.2, 0.25) is 5.88 Å².